The monoisotopic (exact) mass is 534 g/mol. The van der Waals surface area contributed by atoms with E-state index >= 15 is 0 Å². The van der Waals surface area contributed by atoms with Crippen molar-refractivity contribution in [1.82, 2.24) is 14.9 Å². The molecule has 3 heterocycles. The molecule has 3 atom stereocenters. The number of hydrogen-bond acceptors (Lipinski definition) is 4. The Morgan fingerprint density at radius 1 is 1.17 bits per heavy atom. The van der Waals surface area contributed by atoms with Crippen LogP contribution < -0.4 is 10.6 Å². The van der Waals surface area contributed by atoms with Crippen LogP contribution in [0.1, 0.15) is 44.1 Å². The molecule has 0 spiro atoms. The Hall–Kier alpha value is -0.910. The maximum absolute atomic E-state index is 12.7. The quantitative estimate of drug-likeness (QED) is 0.345. The lowest BCUT2D eigenvalue weighted by Gasteiger charge is -2.26. The minimum atomic E-state index is -3.37. The second-order valence-corrected chi connectivity index (χ2v) is 9.83. The topological polar surface area (TPSA) is 83.0 Å². The number of ether oxygens (including phenoxy) is 1. The Labute approximate surface area is 190 Å². The first kappa shape index (κ1) is 22.8. The summed E-state index contributed by atoms with van der Waals surface area (Å²) in [5.41, 5.74) is 1.02. The molecule has 3 unspecified atom stereocenters. The van der Waals surface area contributed by atoms with Gasteiger partial charge in [-0.15, -0.1) is 24.0 Å². The van der Waals surface area contributed by atoms with E-state index in [1.54, 1.807) is 23.5 Å². The summed E-state index contributed by atoms with van der Waals surface area (Å²) >= 11 is 0. The molecule has 0 amide bonds. The van der Waals surface area contributed by atoms with Gasteiger partial charge < -0.3 is 15.4 Å². The summed E-state index contributed by atoms with van der Waals surface area (Å²) in [6, 6.07) is 7.49. The van der Waals surface area contributed by atoms with E-state index in [-0.39, 0.29) is 24.0 Å². The minimum Gasteiger partial charge on any atom is -0.373 e. The highest BCUT2D eigenvalue weighted by molar-refractivity contribution is 14.0. The van der Waals surface area contributed by atoms with Gasteiger partial charge in [-0.25, -0.2) is 8.42 Å². The lowest BCUT2D eigenvalue weighted by molar-refractivity contribution is 0.0992. The molecule has 3 aliphatic rings. The second kappa shape index (κ2) is 9.93. The van der Waals surface area contributed by atoms with E-state index in [0.717, 1.165) is 43.6 Å². The first-order valence-corrected chi connectivity index (χ1v) is 11.7. The van der Waals surface area contributed by atoms with Gasteiger partial charge in [0.15, 0.2) is 5.96 Å². The molecular formula is C20H31IN4O3S. The van der Waals surface area contributed by atoms with E-state index in [1.165, 1.54) is 6.42 Å². The van der Waals surface area contributed by atoms with Crippen LogP contribution in [-0.4, -0.2) is 57.1 Å². The van der Waals surface area contributed by atoms with Crippen molar-refractivity contribution in [2.75, 3.05) is 20.1 Å². The molecule has 9 heteroatoms. The van der Waals surface area contributed by atoms with Gasteiger partial charge in [0.1, 0.15) is 0 Å². The third kappa shape index (κ3) is 5.23. The normalized spacial score (nSPS) is 27.5. The fourth-order valence-corrected chi connectivity index (χ4v) is 5.90. The third-order valence-electron chi connectivity index (χ3n) is 5.99. The zero-order valence-corrected chi connectivity index (χ0v) is 20.0. The van der Waals surface area contributed by atoms with Crippen LogP contribution in [0.4, 0.5) is 0 Å². The molecule has 2 bridgehead atoms. The van der Waals surface area contributed by atoms with Gasteiger partial charge in [-0.05, 0) is 49.8 Å². The number of benzene rings is 1. The number of hydrogen-bond donors (Lipinski definition) is 2. The molecule has 0 aromatic heterocycles. The molecule has 0 aliphatic carbocycles. The molecule has 2 N–H and O–H groups in total. The van der Waals surface area contributed by atoms with E-state index in [2.05, 4.69) is 15.6 Å². The van der Waals surface area contributed by atoms with Crippen molar-refractivity contribution in [1.29, 1.82) is 0 Å². The van der Waals surface area contributed by atoms with Crippen LogP contribution in [-0.2, 0) is 21.3 Å². The standard InChI is InChI=1S/C20H30N4O3S.HI/c1-21-20(23-18-13-16-7-10-19(18)27-16)22-14-15-5-8-17(9-6-15)28(25,26)24-11-3-2-4-12-24;/h5-6,8-9,16,18-19H,2-4,7,10-14H2,1H3,(H2,21,22,23);1H. The van der Waals surface area contributed by atoms with Crippen molar-refractivity contribution >= 4 is 40.0 Å². The average molecular weight is 534 g/mol. The molecule has 4 rings (SSSR count). The van der Waals surface area contributed by atoms with Crippen molar-refractivity contribution in [3.05, 3.63) is 29.8 Å². The lowest BCUT2D eigenvalue weighted by atomic mass is 9.96. The van der Waals surface area contributed by atoms with Gasteiger partial charge in [-0.1, -0.05) is 18.6 Å². The first-order valence-electron chi connectivity index (χ1n) is 10.3. The summed E-state index contributed by atoms with van der Waals surface area (Å²) in [7, 11) is -1.61. The Balaban J connectivity index is 0.00000240. The Morgan fingerprint density at radius 2 is 1.90 bits per heavy atom. The van der Waals surface area contributed by atoms with Gasteiger partial charge in [0.25, 0.3) is 0 Å². The summed E-state index contributed by atoms with van der Waals surface area (Å²) in [5, 5.41) is 6.77. The second-order valence-electron chi connectivity index (χ2n) is 7.89. The van der Waals surface area contributed by atoms with E-state index in [9.17, 15) is 8.42 Å². The average Bonchev–Trinajstić information content (AvgIpc) is 3.35. The number of halogens is 1. The van der Waals surface area contributed by atoms with Crippen LogP contribution in [0.25, 0.3) is 0 Å². The molecule has 162 valence electrons. The lowest BCUT2D eigenvalue weighted by Crippen LogP contribution is -2.47. The first-order chi connectivity index (χ1) is 13.6. The fraction of sp³-hybridized carbons (Fsp3) is 0.650. The number of nitrogens with zero attached hydrogens (tertiary/aromatic N) is 2. The maximum Gasteiger partial charge on any atom is 0.243 e. The highest BCUT2D eigenvalue weighted by Gasteiger charge is 2.41. The number of nitrogens with one attached hydrogen (secondary N) is 2. The van der Waals surface area contributed by atoms with E-state index in [1.807, 2.05) is 12.1 Å². The summed E-state index contributed by atoms with van der Waals surface area (Å²) in [6.07, 6.45) is 7.02. The molecular weight excluding hydrogens is 503 g/mol. The molecule has 0 saturated carbocycles. The Kier molecular flexibility index (Phi) is 7.80. The van der Waals surface area contributed by atoms with Crippen LogP contribution in [0.2, 0.25) is 0 Å². The molecule has 3 aliphatic heterocycles. The highest BCUT2D eigenvalue weighted by atomic mass is 127. The van der Waals surface area contributed by atoms with Crippen molar-refractivity contribution < 1.29 is 13.2 Å². The molecule has 1 aromatic carbocycles. The van der Waals surface area contributed by atoms with E-state index < -0.39 is 10.0 Å². The van der Waals surface area contributed by atoms with Gasteiger partial charge in [-0.2, -0.15) is 4.31 Å². The predicted octanol–water partition coefficient (Wildman–Crippen LogP) is 2.46. The summed E-state index contributed by atoms with van der Waals surface area (Å²) < 4.78 is 33.0. The largest absolute Gasteiger partial charge is 0.373 e. The fourth-order valence-electron chi connectivity index (χ4n) is 4.38. The molecule has 1 aromatic rings. The van der Waals surface area contributed by atoms with Gasteiger partial charge in [0.2, 0.25) is 10.0 Å². The Morgan fingerprint density at radius 3 is 2.48 bits per heavy atom. The zero-order valence-electron chi connectivity index (χ0n) is 16.8. The molecule has 0 radical (unpaired) electrons. The number of guanidine groups is 1. The number of piperidine rings is 1. The maximum atomic E-state index is 12.7. The summed E-state index contributed by atoms with van der Waals surface area (Å²) in [5.74, 6) is 0.756. The summed E-state index contributed by atoms with van der Waals surface area (Å²) in [6.45, 7) is 1.84. The number of fused-ring (bicyclic) bond motifs is 2. The van der Waals surface area contributed by atoms with Gasteiger partial charge >= 0.3 is 0 Å². The molecule has 29 heavy (non-hydrogen) atoms. The van der Waals surface area contributed by atoms with Crippen molar-refractivity contribution in [2.45, 2.75) is 68.2 Å². The van der Waals surface area contributed by atoms with Crippen LogP contribution in [0, 0.1) is 0 Å². The van der Waals surface area contributed by atoms with Crippen LogP contribution in [0.3, 0.4) is 0 Å². The predicted molar refractivity (Wildman–Crippen MR) is 124 cm³/mol. The number of aliphatic imine (C=N–C) groups is 1. The van der Waals surface area contributed by atoms with Crippen LogP contribution in [0.5, 0.6) is 0 Å². The Bertz CT molecular complexity index is 810. The molecule has 3 saturated heterocycles. The van der Waals surface area contributed by atoms with Crippen LogP contribution >= 0.6 is 24.0 Å². The SMILES string of the molecule is CN=C(NCc1ccc(S(=O)(=O)N2CCCCC2)cc1)NC1CC2CCC1O2.I. The van der Waals surface area contributed by atoms with Crippen molar-refractivity contribution in [3.8, 4) is 0 Å². The highest BCUT2D eigenvalue weighted by Crippen LogP contribution is 2.34. The van der Waals surface area contributed by atoms with Gasteiger partial charge in [0.05, 0.1) is 23.1 Å². The summed E-state index contributed by atoms with van der Waals surface area (Å²) in [4.78, 5) is 4.68. The minimum absolute atomic E-state index is 0. The van der Waals surface area contributed by atoms with Crippen LogP contribution in [0.15, 0.2) is 34.2 Å². The molecule has 3 fully saturated rings. The van der Waals surface area contributed by atoms with E-state index in [0.29, 0.717) is 42.8 Å². The van der Waals surface area contributed by atoms with Crippen molar-refractivity contribution in [3.63, 3.8) is 0 Å². The smallest absolute Gasteiger partial charge is 0.243 e. The number of rotatable bonds is 5. The zero-order chi connectivity index (χ0) is 19.6. The van der Waals surface area contributed by atoms with Gasteiger partial charge in [0, 0.05) is 26.7 Å². The third-order valence-corrected chi connectivity index (χ3v) is 7.90. The molecule has 7 nitrogen and oxygen atoms in total. The van der Waals surface area contributed by atoms with E-state index in [4.69, 9.17) is 4.74 Å². The van der Waals surface area contributed by atoms with Crippen molar-refractivity contribution in [2.24, 2.45) is 4.99 Å². The van der Waals surface area contributed by atoms with Gasteiger partial charge in [-0.3, -0.25) is 4.99 Å². The number of sulfonamides is 1.